The van der Waals surface area contributed by atoms with Crippen molar-refractivity contribution in [2.24, 2.45) is 11.8 Å². The SMILES string of the molecule is O=C(Oc1ccc(OC(=O)c2ccc(OCCCCCCCC(CC3CO3)C3CO3)cc2)c2ccccc12)c1ccc(OCCCCCCCC(CC2CO2)C2CO2)cc1. The van der Waals surface area contributed by atoms with E-state index in [4.69, 9.17) is 37.9 Å². The van der Waals surface area contributed by atoms with Gasteiger partial charge in [-0.3, -0.25) is 0 Å². The van der Waals surface area contributed by atoms with Gasteiger partial charge in [0.1, 0.15) is 23.0 Å². The number of fused-ring (bicyclic) bond motifs is 1. The minimum Gasteiger partial charge on any atom is -0.494 e. The maximum Gasteiger partial charge on any atom is 0.343 e. The summed E-state index contributed by atoms with van der Waals surface area (Å²) in [6, 6.07) is 24.8. The van der Waals surface area contributed by atoms with Gasteiger partial charge in [-0.1, -0.05) is 75.6 Å². The minimum absolute atomic E-state index is 0.377. The first-order chi connectivity index (χ1) is 29.6. The molecule has 6 atom stereocenters. The maximum atomic E-state index is 13.2. The van der Waals surface area contributed by atoms with Gasteiger partial charge in [-0.15, -0.1) is 0 Å². The molecule has 8 rings (SSSR count). The maximum absolute atomic E-state index is 13.2. The fourth-order valence-electron chi connectivity index (χ4n) is 8.22. The molecule has 0 amide bonds. The van der Waals surface area contributed by atoms with Gasteiger partial charge in [0.25, 0.3) is 0 Å². The second-order valence-electron chi connectivity index (χ2n) is 16.9. The molecule has 60 heavy (non-hydrogen) atoms. The summed E-state index contributed by atoms with van der Waals surface area (Å²) in [6.07, 6.45) is 18.3. The average molecular weight is 821 g/mol. The lowest BCUT2D eigenvalue weighted by atomic mass is 9.93. The van der Waals surface area contributed by atoms with Crippen LogP contribution in [-0.2, 0) is 18.9 Å². The molecule has 0 aliphatic carbocycles. The number of ether oxygens (including phenoxy) is 8. The zero-order valence-corrected chi connectivity index (χ0v) is 34.8. The Morgan fingerprint density at radius 3 is 1.25 bits per heavy atom. The highest BCUT2D eigenvalue weighted by Gasteiger charge is 2.38. The smallest absolute Gasteiger partial charge is 0.343 e. The highest BCUT2D eigenvalue weighted by Crippen LogP contribution is 2.36. The van der Waals surface area contributed by atoms with Gasteiger partial charge in [-0.05, 0) is 111 Å². The Bertz CT molecular complexity index is 1820. The fraction of sp³-hybridized carbons (Fsp3) is 0.520. The first-order valence-electron chi connectivity index (χ1n) is 22.4. The second kappa shape index (κ2) is 21.4. The number of esters is 2. The summed E-state index contributed by atoms with van der Waals surface area (Å²) in [5.41, 5.74) is 0.827. The zero-order chi connectivity index (χ0) is 40.9. The van der Waals surface area contributed by atoms with Crippen molar-refractivity contribution in [2.45, 2.75) is 114 Å². The standard InChI is InChI=1S/C50H60O10/c51-49(35-17-21-39(22-18-35)53-27-11-5-1-3-7-13-37(47-33-57-47)29-41-31-55-41)59-45-25-26-46(44-16-10-9-15-43(44)45)60-50(52)36-19-23-40(24-20-36)54-28-12-6-2-4-8-14-38(48-34-58-48)30-42-32-56-42/h9-10,15-26,37-38,41-42,47-48H,1-8,11-14,27-34H2. The number of rotatable bonds is 28. The van der Waals surface area contributed by atoms with E-state index in [9.17, 15) is 9.59 Å². The lowest BCUT2D eigenvalue weighted by Crippen LogP contribution is -2.11. The van der Waals surface area contributed by atoms with Gasteiger partial charge in [0.2, 0.25) is 0 Å². The first kappa shape index (κ1) is 42.2. The number of benzene rings is 4. The summed E-state index contributed by atoms with van der Waals surface area (Å²) in [5.74, 6) is 2.56. The third-order valence-corrected chi connectivity index (χ3v) is 12.1. The molecule has 4 aliphatic rings. The van der Waals surface area contributed by atoms with Crippen molar-refractivity contribution in [1.29, 1.82) is 0 Å². The van der Waals surface area contributed by atoms with Gasteiger partial charge in [0, 0.05) is 10.8 Å². The number of epoxide rings is 4. The molecule has 6 unspecified atom stereocenters. The highest BCUT2D eigenvalue weighted by atomic mass is 16.6. The van der Waals surface area contributed by atoms with Crippen LogP contribution in [0, 0.1) is 11.8 Å². The largest absolute Gasteiger partial charge is 0.494 e. The molecule has 4 heterocycles. The van der Waals surface area contributed by atoms with Crippen molar-refractivity contribution in [3.63, 3.8) is 0 Å². The molecule has 0 saturated carbocycles. The Labute approximate surface area is 354 Å². The molecule has 10 heteroatoms. The van der Waals surface area contributed by atoms with E-state index in [2.05, 4.69) is 0 Å². The summed E-state index contributed by atoms with van der Waals surface area (Å²) < 4.78 is 45.6. The molecule has 0 N–H and O–H groups in total. The van der Waals surface area contributed by atoms with Crippen LogP contribution >= 0.6 is 0 Å². The van der Waals surface area contributed by atoms with E-state index in [0.717, 1.165) is 76.5 Å². The van der Waals surface area contributed by atoms with E-state index in [0.29, 0.717) is 82.9 Å². The van der Waals surface area contributed by atoms with Gasteiger partial charge >= 0.3 is 11.9 Å². The van der Waals surface area contributed by atoms with E-state index < -0.39 is 11.9 Å². The van der Waals surface area contributed by atoms with Crippen molar-refractivity contribution >= 4 is 22.7 Å². The van der Waals surface area contributed by atoms with Crippen molar-refractivity contribution in [3.8, 4) is 23.0 Å². The zero-order valence-electron chi connectivity index (χ0n) is 34.8. The minimum atomic E-state index is -0.484. The van der Waals surface area contributed by atoms with Crippen LogP contribution in [0.1, 0.15) is 111 Å². The summed E-state index contributed by atoms with van der Waals surface area (Å²) in [6.45, 7) is 4.98. The summed E-state index contributed by atoms with van der Waals surface area (Å²) in [4.78, 5) is 26.4. The fourth-order valence-corrected chi connectivity index (χ4v) is 8.22. The quantitative estimate of drug-likeness (QED) is 0.0237. The molecule has 320 valence electrons. The van der Waals surface area contributed by atoms with Crippen molar-refractivity contribution < 1.29 is 47.5 Å². The molecule has 4 saturated heterocycles. The van der Waals surface area contributed by atoms with Gasteiger partial charge in [-0.25, -0.2) is 9.59 Å². The Morgan fingerprint density at radius 2 is 0.867 bits per heavy atom. The van der Waals surface area contributed by atoms with Crippen LogP contribution in [0.25, 0.3) is 10.8 Å². The number of hydrogen-bond donors (Lipinski definition) is 0. The monoisotopic (exact) mass is 820 g/mol. The van der Waals surface area contributed by atoms with Gasteiger partial charge < -0.3 is 37.9 Å². The van der Waals surface area contributed by atoms with Crippen LogP contribution in [0.5, 0.6) is 23.0 Å². The molecule has 0 aromatic heterocycles. The Balaban J connectivity index is 0.722. The number of carbonyl (C=O) groups is 2. The molecule has 4 aromatic rings. The molecular weight excluding hydrogens is 761 g/mol. The van der Waals surface area contributed by atoms with Crippen molar-refractivity contribution in [3.05, 3.63) is 96.1 Å². The molecular formula is C50H60O10. The number of carbonyl (C=O) groups excluding carboxylic acids is 2. The van der Waals surface area contributed by atoms with Crippen LogP contribution in [0.15, 0.2) is 84.9 Å². The lowest BCUT2D eigenvalue weighted by Gasteiger charge is -2.13. The van der Waals surface area contributed by atoms with Crippen LogP contribution in [0.3, 0.4) is 0 Å². The van der Waals surface area contributed by atoms with E-state index in [-0.39, 0.29) is 0 Å². The Morgan fingerprint density at radius 1 is 0.483 bits per heavy atom. The van der Waals surface area contributed by atoms with Crippen LogP contribution in [0.4, 0.5) is 0 Å². The second-order valence-corrected chi connectivity index (χ2v) is 16.9. The highest BCUT2D eigenvalue weighted by molar-refractivity contribution is 6.00. The number of unbranched alkanes of at least 4 members (excludes halogenated alkanes) is 8. The topological polar surface area (TPSA) is 121 Å². The van der Waals surface area contributed by atoms with E-state index in [1.54, 1.807) is 60.7 Å². The molecule has 4 aromatic carbocycles. The van der Waals surface area contributed by atoms with Crippen LogP contribution in [-0.4, -0.2) is 76.0 Å². The Kier molecular flexibility index (Phi) is 15.0. The van der Waals surface area contributed by atoms with Gasteiger partial charge in [0.05, 0.1) is 75.2 Å². The third kappa shape index (κ3) is 13.3. The van der Waals surface area contributed by atoms with Crippen LogP contribution < -0.4 is 18.9 Å². The predicted octanol–water partition coefficient (Wildman–Crippen LogP) is 10.3. The summed E-state index contributed by atoms with van der Waals surface area (Å²) in [5, 5.41) is 1.32. The molecule has 0 spiro atoms. The normalized spacial score (nSPS) is 20.9. The van der Waals surface area contributed by atoms with Gasteiger partial charge in [-0.2, -0.15) is 0 Å². The van der Waals surface area contributed by atoms with Crippen molar-refractivity contribution in [2.75, 3.05) is 39.6 Å². The molecule has 0 bridgehead atoms. The van der Waals surface area contributed by atoms with Gasteiger partial charge in [0.15, 0.2) is 0 Å². The van der Waals surface area contributed by atoms with Crippen LogP contribution in [0.2, 0.25) is 0 Å². The lowest BCUT2D eigenvalue weighted by molar-refractivity contribution is 0.0723. The molecule has 0 radical (unpaired) electrons. The number of hydrogen-bond acceptors (Lipinski definition) is 10. The first-order valence-corrected chi connectivity index (χ1v) is 22.4. The third-order valence-electron chi connectivity index (χ3n) is 12.1. The van der Waals surface area contributed by atoms with E-state index in [1.165, 1.54) is 51.4 Å². The van der Waals surface area contributed by atoms with Crippen molar-refractivity contribution in [1.82, 2.24) is 0 Å². The molecule has 4 aliphatic heterocycles. The van der Waals surface area contributed by atoms with E-state index in [1.807, 2.05) is 24.3 Å². The molecule has 10 nitrogen and oxygen atoms in total. The van der Waals surface area contributed by atoms with E-state index >= 15 is 0 Å². The average Bonchev–Trinajstić information content (AvgIpc) is 4.06. The summed E-state index contributed by atoms with van der Waals surface area (Å²) in [7, 11) is 0. The summed E-state index contributed by atoms with van der Waals surface area (Å²) >= 11 is 0. The molecule has 4 fully saturated rings. The Hall–Kier alpha value is -4.48. The predicted molar refractivity (Wildman–Crippen MR) is 228 cm³/mol.